The van der Waals surface area contributed by atoms with E-state index in [1.807, 2.05) is 53.4 Å². The van der Waals surface area contributed by atoms with Crippen molar-refractivity contribution in [3.8, 4) is 5.75 Å². The molecule has 2 fully saturated rings. The first-order chi connectivity index (χ1) is 15.1. The SMILES string of the molecule is O=C(N1CCN(CCOc2ccccc2Cl)CC1)C1(c2ccc(Cl)cc2)CCOCC1. The van der Waals surface area contributed by atoms with Crippen molar-refractivity contribution in [1.29, 1.82) is 0 Å². The van der Waals surface area contributed by atoms with E-state index in [4.69, 9.17) is 32.7 Å². The van der Waals surface area contributed by atoms with Crippen LogP contribution in [0.2, 0.25) is 10.0 Å². The number of carbonyl (C=O) groups is 1. The predicted octanol–water partition coefficient (Wildman–Crippen LogP) is 4.26. The molecule has 0 N–H and O–H groups in total. The highest BCUT2D eigenvalue weighted by atomic mass is 35.5. The molecule has 0 aliphatic carbocycles. The van der Waals surface area contributed by atoms with Crippen LogP contribution in [0.15, 0.2) is 48.5 Å². The molecule has 2 heterocycles. The van der Waals surface area contributed by atoms with E-state index in [9.17, 15) is 4.79 Å². The van der Waals surface area contributed by atoms with E-state index in [2.05, 4.69) is 4.90 Å². The zero-order valence-corrected chi connectivity index (χ0v) is 19.1. The normalized spacial score (nSPS) is 19.2. The number of rotatable bonds is 6. The Hall–Kier alpha value is -1.79. The summed E-state index contributed by atoms with van der Waals surface area (Å²) < 4.78 is 11.4. The average Bonchev–Trinajstić information content (AvgIpc) is 2.81. The highest BCUT2D eigenvalue weighted by Crippen LogP contribution is 2.37. The van der Waals surface area contributed by atoms with Crippen molar-refractivity contribution in [2.75, 3.05) is 52.5 Å². The minimum absolute atomic E-state index is 0.213. The second-order valence-corrected chi connectivity index (χ2v) is 8.96. The Labute approximate surface area is 193 Å². The number of ether oxygens (including phenoxy) is 2. The topological polar surface area (TPSA) is 42.0 Å². The van der Waals surface area contributed by atoms with Crippen LogP contribution in [0, 0.1) is 0 Å². The largest absolute Gasteiger partial charge is 0.491 e. The van der Waals surface area contributed by atoms with Gasteiger partial charge in [0.05, 0.1) is 10.4 Å². The molecule has 2 aromatic rings. The first-order valence-electron chi connectivity index (χ1n) is 10.8. The van der Waals surface area contributed by atoms with Gasteiger partial charge in [0.1, 0.15) is 12.4 Å². The van der Waals surface area contributed by atoms with Gasteiger partial charge in [0, 0.05) is 51.0 Å². The molecule has 31 heavy (non-hydrogen) atoms. The Morgan fingerprint density at radius 1 is 0.968 bits per heavy atom. The van der Waals surface area contributed by atoms with E-state index in [-0.39, 0.29) is 5.91 Å². The van der Waals surface area contributed by atoms with E-state index in [0.717, 1.165) is 38.3 Å². The van der Waals surface area contributed by atoms with Gasteiger partial charge in [-0.2, -0.15) is 0 Å². The first kappa shape index (κ1) is 22.4. The third kappa shape index (κ3) is 5.17. The van der Waals surface area contributed by atoms with Crippen molar-refractivity contribution in [3.05, 3.63) is 64.1 Å². The summed E-state index contributed by atoms with van der Waals surface area (Å²) in [5.41, 5.74) is 0.527. The fourth-order valence-electron chi connectivity index (χ4n) is 4.44. The molecule has 7 heteroatoms. The van der Waals surface area contributed by atoms with Crippen LogP contribution in [-0.2, 0) is 14.9 Å². The summed E-state index contributed by atoms with van der Waals surface area (Å²) in [7, 11) is 0. The third-order valence-corrected chi connectivity index (χ3v) is 6.88. The van der Waals surface area contributed by atoms with Crippen molar-refractivity contribution in [1.82, 2.24) is 9.80 Å². The van der Waals surface area contributed by atoms with Gasteiger partial charge in [-0.1, -0.05) is 47.5 Å². The van der Waals surface area contributed by atoms with E-state index in [1.54, 1.807) is 0 Å². The third-order valence-electron chi connectivity index (χ3n) is 6.31. The zero-order chi connectivity index (χ0) is 21.7. The highest BCUT2D eigenvalue weighted by Gasteiger charge is 2.44. The van der Waals surface area contributed by atoms with E-state index < -0.39 is 5.41 Å². The fraction of sp³-hybridized carbons (Fsp3) is 0.458. The fourth-order valence-corrected chi connectivity index (χ4v) is 4.75. The van der Waals surface area contributed by atoms with Gasteiger partial charge in [-0.05, 0) is 42.7 Å². The molecule has 4 rings (SSSR count). The molecule has 2 aliphatic rings. The van der Waals surface area contributed by atoms with Gasteiger partial charge < -0.3 is 14.4 Å². The molecule has 166 valence electrons. The smallest absolute Gasteiger partial charge is 0.233 e. The Bertz CT molecular complexity index is 877. The van der Waals surface area contributed by atoms with Crippen LogP contribution in [0.5, 0.6) is 5.75 Å². The Balaban J connectivity index is 1.34. The van der Waals surface area contributed by atoms with Crippen LogP contribution < -0.4 is 4.74 Å². The summed E-state index contributed by atoms with van der Waals surface area (Å²) >= 11 is 12.2. The van der Waals surface area contributed by atoms with Crippen molar-refractivity contribution in [2.45, 2.75) is 18.3 Å². The molecule has 2 saturated heterocycles. The second kappa shape index (κ2) is 10.2. The quantitative estimate of drug-likeness (QED) is 0.642. The van der Waals surface area contributed by atoms with Crippen LogP contribution in [0.1, 0.15) is 18.4 Å². The van der Waals surface area contributed by atoms with Gasteiger partial charge in [-0.15, -0.1) is 0 Å². The molecule has 0 bridgehead atoms. The van der Waals surface area contributed by atoms with Gasteiger partial charge in [-0.25, -0.2) is 0 Å². The lowest BCUT2D eigenvalue weighted by molar-refractivity contribution is -0.143. The maximum Gasteiger partial charge on any atom is 0.233 e. The van der Waals surface area contributed by atoms with Crippen molar-refractivity contribution in [3.63, 3.8) is 0 Å². The molecular formula is C24H28Cl2N2O3. The number of amides is 1. The first-order valence-corrected chi connectivity index (χ1v) is 11.6. The van der Waals surface area contributed by atoms with Crippen LogP contribution in [0.25, 0.3) is 0 Å². The lowest BCUT2D eigenvalue weighted by Gasteiger charge is -2.43. The van der Waals surface area contributed by atoms with Gasteiger partial charge in [0.15, 0.2) is 0 Å². The number of benzene rings is 2. The maximum absolute atomic E-state index is 13.7. The number of nitrogens with zero attached hydrogens (tertiary/aromatic N) is 2. The minimum atomic E-state index is -0.516. The molecule has 0 atom stereocenters. The van der Waals surface area contributed by atoms with Crippen molar-refractivity contribution in [2.24, 2.45) is 0 Å². The van der Waals surface area contributed by atoms with Crippen molar-refractivity contribution < 1.29 is 14.3 Å². The number of hydrogen-bond acceptors (Lipinski definition) is 4. The highest BCUT2D eigenvalue weighted by molar-refractivity contribution is 6.32. The standard InChI is InChI=1S/C24H28Cl2N2O3/c25-20-7-5-19(6-8-20)24(9-16-30-17-10-24)23(29)28-13-11-27(12-14-28)15-18-31-22-4-2-1-3-21(22)26/h1-8H,9-18H2. The maximum atomic E-state index is 13.7. The molecular weight excluding hydrogens is 435 g/mol. The molecule has 0 aromatic heterocycles. The summed E-state index contributed by atoms with van der Waals surface area (Å²) in [4.78, 5) is 18.0. The number of hydrogen-bond donors (Lipinski definition) is 0. The van der Waals surface area contributed by atoms with Gasteiger partial charge in [0.25, 0.3) is 0 Å². The Morgan fingerprint density at radius 2 is 1.65 bits per heavy atom. The van der Waals surface area contributed by atoms with Crippen LogP contribution in [0.4, 0.5) is 0 Å². The summed E-state index contributed by atoms with van der Waals surface area (Å²) in [5, 5.41) is 1.31. The molecule has 0 spiro atoms. The summed E-state index contributed by atoms with van der Waals surface area (Å²) in [6.07, 6.45) is 1.42. The Kier molecular flexibility index (Phi) is 7.39. The summed E-state index contributed by atoms with van der Waals surface area (Å²) in [5.74, 6) is 0.924. The molecule has 0 saturated carbocycles. The second-order valence-electron chi connectivity index (χ2n) is 8.11. The van der Waals surface area contributed by atoms with Crippen LogP contribution in [-0.4, -0.2) is 68.3 Å². The van der Waals surface area contributed by atoms with Gasteiger partial charge in [0.2, 0.25) is 5.91 Å². The Morgan fingerprint density at radius 3 is 2.32 bits per heavy atom. The van der Waals surface area contributed by atoms with E-state index >= 15 is 0 Å². The number of para-hydroxylation sites is 1. The molecule has 0 unspecified atom stereocenters. The van der Waals surface area contributed by atoms with Crippen LogP contribution in [0.3, 0.4) is 0 Å². The van der Waals surface area contributed by atoms with E-state index in [0.29, 0.717) is 48.5 Å². The number of carbonyl (C=O) groups excluding carboxylic acids is 1. The average molecular weight is 463 g/mol. The molecule has 2 aliphatic heterocycles. The lowest BCUT2D eigenvalue weighted by atomic mass is 9.73. The summed E-state index contributed by atoms with van der Waals surface area (Å²) in [6, 6.07) is 15.2. The molecule has 2 aromatic carbocycles. The zero-order valence-electron chi connectivity index (χ0n) is 17.6. The van der Waals surface area contributed by atoms with E-state index in [1.165, 1.54) is 0 Å². The minimum Gasteiger partial charge on any atom is -0.491 e. The number of piperazine rings is 1. The van der Waals surface area contributed by atoms with Gasteiger partial charge >= 0.3 is 0 Å². The number of halogens is 2. The monoisotopic (exact) mass is 462 g/mol. The van der Waals surface area contributed by atoms with Crippen molar-refractivity contribution >= 4 is 29.1 Å². The predicted molar refractivity (Wildman–Crippen MR) is 123 cm³/mol. The summed E-state index contributed by atoms with van der Waals surface area (Å²) in [6.45, 7) is 5.71. The molecule has 1 amide bonds. The molecule has 0 radical (unpaired) electrons. The lowest BCUT2D eigenvalue weighted by Crippen LogP contribution is -2.56. The van der Waals surface area contributed by atoms with Gasteiger partial charge in [-0.3, -0.25) is 9.69 Å². The van der Waals surface area contributed by atoms with Crippen LogP contribution >= 0.6 is 23.2 Å². The molecule has 5 nitrogen and oxygen atoms in total.